The van der Waals surface area contributed by atoms with Gasteiger partial charge in [-0.1, -0.05) is 24.3 Å². The van der Waals surface area contributed by atoms with E-state index < -0.39 is 11.1 Å². The average molecular weight is 327 g/mol. The summed E-state index contributed by atoms with van der Waals surface area (Å²) in [6, 6.07) is 11.4. The average Bonchev–Trinajstić information content (AvgIpc) is 3.23. The third-order valence-corrected chi connectivity index (χ3v) is 4.78. The predicted octanol–water partition coefficient (Wildman–Crippen LogP) is 2.98. The van der Waals surface area contributed by atoms with Crippen LogP contribution < -0.4 is 0 Å². The van der Waals surface area contributed by atoms with Crippen molar-refractivity contribution < 1.29 is 13.9 Å². The van der Waals surface area contributed by atoms with Gasteiger partial charge in [0.2, 0.25) is 0 Å². The fraction of sp³-hybridized carbons (Fsp3) is 0.222. The van der Waals surface area contributed by atoms with Crippen LogP contribution in [0.5, 0.6) is 0 Å². The van der Waals surface area contributed by atoms with E-state index in [4.69, 9.17) is 0 Å². The summed E-state index contributed by atoms with van der Waals surface area (Å²) in [6.45, 7) is 0. The molecule has 1 fully saturated rings. The van der Waals surface area contributed by atoms with E-state index in [2.05, 4.69) is 10.1 Å². The molecule has 0 atom stereocenters. The van der Waals surface area contributed by atoms with E-state index in [1.807, 2.05) is 0 Å². The number of rotatable bonds is 4. The topological polar surface area (TPSA) is 50.9 Å². The SMILES string of the molecule is OC(c1ccc(F)cc1)(c1ccc(F)cc1)C1(n2cncn2)CC1. The number of aromatic nitrogens is 3. The molecule has 1 aliphatic rings. The van der Waals surface area contributed by atoms with Crippen LogP contribution in [0, 0.1) is 11.6 Å². The summed E-state index contributed by atoms with van der Waals surface area (Å²) in [5.74, 6) is -0.767. The molecule has 0 amide bonds. The fourth-order valence-corrected chi connectivity index (χ4v) is 3.39. The summed E-state index contributed by atoms with van der Waals surface area (Å²) in [5.41, 5.74) is -1.13. The molecule has 1 aliphatic carbocycles. The largest absolute Gasteiger partial charge is 0.378 e. The first-order valence-electron chi connectivity index (χ1n) is 7.66. The number of aliphatic hydroxyl groups is 1. The van der Waals surface area contributed by atoms with Crippen LogP contribution in [-0.2, 0) is 11.1 Å². The van der Waals surface area contributed by atoms with Crippen molar-refractivity contribution in [3.05, 3.63) is 83.9 Å². The first kappa shape index (κ1) is 15.0. The van der Waals surface area contributed by atoms with E-state index in [9.17, 15) is 13.9 Å². The second-order valence-electron chi connectivity index (χ2n) is 6.10. The summed E-state index contributed by atoms with van der Waals surface area (Å²) >= 11 is 0. The maximum atomic E-state index is 13.4. The molecule has 24 heavy (non-hydrogen) atoms. The Morgan fingerprint density at radius 3 is 1.79 bits per heavy atom. The molecule has 4 nitrogen and oxygen atoms in total. The summed E-state index contributed by atoms with van der Waals surface area (Å²) in [6.07, 6.45) is 4.34. The van der Waals surface area contributed by atoms with Gasteiger partial charge in [-0.25, -0.2) is 18.4 Å². The number of hydrogen-bond acceptors (Lipinski definition) is 3. The van der Waals surface area contributed by atoms with Crippen molar-refractivity contribution in [3.63, 3.8) is 0 Å². The Labute approximate surface area is 137 Å². The van der Waals surface area contributed by atoms with Crippen molar-refractivity contribution in [2.45, 2.75) is 24.0 Å². The van der Waals surface area contributed by atoms with Crippen LogP contribution in [-0.4, -0.2) is 19.9 Å². The summed E-state index contributed by atoms with van der Waals surface area (Å²) in [5, 5.41) is 16.0. The van der Waals surface area contributed by atoms with Gasteiger partial charge >= 0.3 is 0 Å². The molecule has 0 saturated heterocycles. The monoisotopic (exact) mass is 327 g/mol. The van der Waals surface area contributed by atoms with E-state index in [1.54, 1.807) is 35.3 Å². The highest BCUT2D eigenvalue weighted by Crippen LogP contribution is 2.58. The molecule has 1 N–H and O–H groups in total. The van der Waals surface area contributed by atoms with Gasteiger partial charge in [0.1, 0.15) is 35.4 Å². The Morgan fingerprint density at radius 2 is 1.42 bits per heavy atom. The third-order valence-electron chi connectivity index (χ3n) is 4.78. The van der Waals surface area contributed by atoms with Gasteiger partial charge in [-0.2, -0.15) is 5.10 Å². The van der Waals surface area contributed by atoms with Crippen LogP contribution in [0.4, 0.5) is 8.78 Å². The highest BCUT2D eigenvalue weighted by atomic mass is 19.1. The highest BCUT2D eigenvalue weighted by Gasteiger charge is 2.62. The molecule has 122 valence electrons. The zero-order valence-electron chi connectivity index (χ0n) is 12.7. The molecular weight excluding hydrogens is 312 g/mol. The van der Waals surface area contributed by atoms with E-state index >= 15 is 0 Å². The van der Waals surface area contributed by atoms with Gasteiger partial charge in [0.25, 0.3) is 0 Å². The molecule has 2 aromatic carbocycles. The number of nitrogens with zero attached hydrogens (tertiary/aromatic N) is 3. The van der Waals surface area contributed by atoms with Crippen molar-refractivity contribution >= 4 is 0 Å². The van der Waals surface area contributed by atoms with Crippen molar-refractivity contribution in [3.8, 4) is 0 Å². The molecule has 1 aromatic heterocycles. The minimum absolute atomic E-state index is 0.384. The molecule has 0 aliphatic heterocycles. The lowest BCUT2D eigenvalue weighted by Crippen LogP contribution is -2.45. The maximum Gasteiger partial charge on any atom is 0.140 e. The predicted molar refractivity (Wildman–Crippen MR) is 83.0 cm³/mol. The summed E-state index contributed by atoms with van der Waals surface area (Å²) in [4.78, 5) is 3.98. The van der Waals surface area contributed by atoms with Crippen LogP contribution in [0.25, 0.3) is 0 Å². The normalized spacial score (nSPS) is 16.1. The molecule has 4 rings (SSSR count). The Bertz CT molecular complexity index is 795. The zero-order chi connectivity index (χ0) is 16.8. The lowest BCUT2D eigenvalue weighted by atomic mass is 9.78. The third kappa shape index (κ3) is 2.06. The lowest BCUT2D eigenvalue weighted by Gasteiger charge is -2.37. The van der Waals surface area contributed by atoms with E-state index in [0.29, 0.717) is 24.0 Å². The van der Waals surface area contributed by atoms with Gasteiger partial charge < -0.3 is 5.11 Å². The quantitative estimate of drug-likeness (QED) is 0.801. The number of hydrogen-bond donors (Lipinski definition) is 1. The van der Waals surface area contributed by atoms with Crippen LogP contribution in [0.3, 0.4) is 0 Å². The molecule has 0 spiro atoms. The van der Waals surface area contributed by atoms with Crippen LogP contribution in [0.2, 0.25) is 0 Å². The van der Waals surface area contributed by atoms with Gasteiger partial charge in [0.15, 0.2) is 0 Å². The summed E-state index contributed by atoms with van der Waals surface area (Å²) < 4.78 is 28.4. The van der Waals surface area contributed by atoms with Crippen LogP contribution in [0.1, 0.15) is 24.0 Å². The Kier molecular flexibility index (Phi) is 3.25. The fourth-order valence-electron chi connectivity index (χ4n) is 3.39. The number of benzene rings is 2. The lowest BCUT2D eigenvalue weighted by molar-refractivity contribution is 0.00115. The van der Waals surface area contributed by atoms with Gasteiger partial charge in [0, 0.05) is 0 Å². The molecule has 1 saturated carbocycles. The first-order chi connectivity index (χ1) is 11.6. The Balaban J connectivity index is 1.93. The van der Waals surface area contributed by atoms with Crippen LogP contribution >= 0.6 is 0 Å². The van der Waals surface area contributed by atoms with E-state index in [-0.39, 0.29) is 11.6 Å². The molecular formula is C18H15F2N3O. The molecule has 0 unspecified atom stereocenters. The van der Waals surface area contributed by atoms with Gasteiger partial charge in [0.05, 0.1) is 0 Å². The van der Waals surface area contributed by atoms with E-state index in [0.717, 1.165) is 0 Å². The van der Waals surface area contributed by atoms with Gasteiger partial charge in [-0.15, -0.1) is 0 Å². The van der Waals surface area contributed by atoms with Crippen molar-refractivity contribution in [2.75, 3.05) is 0 Å². The van der Waals surface area contributed by atoms with Crippen molar-refractivity contribution in [1.82, 2.24) is 14.8 Å². The van der Waals surface area contributed by atoms with Gasteiger partial charge in [-0.3, -0.25) is 0 Å². The molecule has 3 aromatic rings. The van der Waals surface area contributed by atoms with E-state index in [1.165, 1.54) is 30.6 Å². The maximum absolute atomic E-state index is 13.4. The van der Waals surface area contributed by atoms with Crippen LogP contribution in [0.15, 0.2) is 61.2 Å². The molecule has 0 radical (unpaired) electrons. The molecule has 0 bridgehead atoms. The smallest absolute Gasteiger partial charge is 0.140 e. The van der Waals surface area contributed by atoms with Crippen molar-refractivity contribution in [2.24, 2.45) is 0 Å². The Hall–Kier alpha value is -2.60. The minimum atomic E-state index is -1.47. The molecule has 1 heterocycles. The second-order valence-corrected chi connectivity index (χ2v) is 6.10. The summed E-state index contributed by atoms with van der Waals surface area (Å²) in [7, 11) is 0. The van der Waals surface area contributed by atoms with Crippen molar-refractivity contribution in [1.29, 1.82) is 0 Å². The van der Waals surface area contributed by atoms with Gasteiger partial charge in [-0.05, 0) is 48.2 Å². The highest BCUT2D eigenvalue weighted by molar-refractivity contribution is 5.42. The number of halogens is 2. The molecule has 6 heteroatoms. The standard InChI is InChI=1S/C18H15F2N3O/c19-15-5-1-13(2-6-15)18(24,14-3-7-16(20)8-4-14)17(9-10-17)23-12-21-11-22-23/h1-8,11-12,24H,9-10H2. The zero-order valence-corrected chi connectivity index (χ0v) is 12.7. The Morgan fingerprint density at radius 1 is 0.917 bits per heavy atom. The first-order valence-corrected chi connectivity index (χ1v) is 7.66. The minimum Gasteiger partial charge on any atom is -0.378 e. The second kappa shape index (κ2) is 5.21.